The predicted molar refractivity (Wildman–Crippen MR) is 152 cm³/mol. The van der Waals surface area contributed by atoms with Crippen molar-refractivity contribution in [2.45, 2.75) is 24.7 Å². The normalized spacial score (nSPS) is 16.1. The number of carbonyl (C=O) groups excluding carboxylic acids is 2. The molecule has 0 saturated carbocycles. The molecular formula is C29H24F3IN4O4. The van der Waals surface area contributed by atoms with E-state index in [0.717, 1.165) is 20.1 Å². The van der Waals surface area contributed by atoms with Crippen LogP contribution in [0.4, 0.5) is 18.0 Å². The van der Waals surface area contributed by atoms with E-state index in [9.17, 15) is 22.8 Å². The third kappa shape index (κ3) is 6.22. The summed E-state index contributed by atoms with van der Waals surface area (Å²) in [5.74, 6) is 0.0185. The van der Waals surface area contributed by atoms with Crippen LogP contribution >= 0.6 is 22.6 Å². The zero-order chi connectivity index (χ0) is 29.1. The zero-order valence-electron chi connectivity index (χ0n) is 21.4. The van der Waals surface area contributed by atoms with Gasteiger partial charge in [-0.2, -0.15) is 13.2 Å². The van der Waals surface area contributed by atoms with Gasteiger partial charge in [-0.3, -0.25) is 9.69 Å². The van der Waals surface area contributed by atoms with Gasteiger partial charge in [0, 0.05) is 9.99 Å². The number of amides is 3. The fourth-order valence-electron chi connectivity index (χ4n) is 4.71. The molecule has 1 aliphatic heterocycles. The lowest BCUT2D eigenvalue weighted by Gasteiger charge is -2.25. The Labute approximate surface area is 246 Å². The molecule has 5 rings (SSSR count). The molecule has 3 amide bonds. The summed E-state index contributed by atoms with van der Waals surface area (Å²) in [6.07, 6.45) is -3.41. The second kappa shape index (κ2) is 11.9. The Kier molecular flexibility index (Phi) is 8.31. The standard InChI is InChI=1S/C29H24F3IN4O4/c30-29(31,32)22-4-2-1-3-19(22)15-24(26-34-16-23(35-26)17-5-9-20(33)10-6-17)37-27(39)25(36-28(37)40)18-7-11-21(12-8-18)41-14-13-38/h1-12,16,24-25,38H,13-15H2,(H,34,35)(H,36,40)/t24-,25+/m0/s1. The van der Waals surface area contributed by atoms with Gasteiger partial charge in [-0.15, -0.1) is 0 Å². The third-order valence-corrected chi connectivity index (χ3v) is 7.38. The van der Waals surface area contributed by atoms with Crippen molar-refractivity contribution in [2.24, 2.45) is 0 Å². The van der Waals surface area contributed by atoms with E-state index in [1.807, 2.05) is 24.3 Å². The number of nitrogens with one attached hydrogen (secondary N) is 2. The first-order valence-electron chi connectivity index (χ1n) is 12.6. The van der Waals surface area contributed by atoms with Crippen LogP contribution in [0.1, 0.15) is 34.6 Å². The zero-order valence-corrected chi connectivity index (χ0v) is 23.5. The first-order valence-corrected chi connectivity index (χ1v) is 13.7. The van der Waals surface area contributed by atoms with E-state index in [2.05, 4.69) is 37.9 Å². The minimum atomic E-state index is -4.63. The van der Waals surface area contributed by atoms with Crippen molar-refractivity contribution in [3.63, 3.8) is 0 Å². The highest BCUT2D eigenvalue weighted by Gasteiger charge is 2.45. The van der Waals surface area contributed by atoms with Crippen LogP contribution in [0.2, 0.25) is 0 Å². The second-order valence-corrected chi connectivity index (χ2v) is 10.5. The van der Waals surface area contributed by atoms with Crippen molar-refractivity contribution >= 4 is 34.5 Å². The molecule has 1 fully saturated rings. The van der Waals surface area contributed by atoms with Gasteiger partial charge in [0.25, 0.3) is 5.91 Å². The summed E-state index contributed by atoms with van der Waals surface area (Å²) in [5.41, 5.74) is 0.920. The molecule has 8 nitrogen and oxygen atoms in total. The molecule has 0 radical (unpaired) electrons. The first-order chi connectivity index (χ1) is 19.7. The molecule has 1 aromatic heterocycles. The largest absolute Gasteiger partial charge is 0.491 e. The number of aromatic nitrogens is 2. The average Bonchev–Trinajstić information content (AvgIpc) is 3.56. The number of aliphatic hydroxyl groups excluding tert-OH is 1. The summed E-state index contributed by atoms with van der Waals surface area (Å²) in [6.45, 7) is -0.0640. The van der Waals surface area contributed by atoms with Crippen LogP contribution in [0, 0.1) is 3.57 Å². The highest BCUT2D eigenvalue weighted by Crippen LogP contribution is 2.37. The van der Waals surface area contributed by atoms with Crippen LogP contribution in [0.15, 0.2) is 79.0 Å². The van der Waals surface area contributed by atoms with Crippen molar-refractivity contribution in [1.82, 2.24) is 20.2 Å². The van der Waals surface area contributed by atoms with Crippen LogP contribution in [0.3, 0.4) is 0 Å². The molecule has 2 heterocycles. The number of imide groups is 1. The molecule has 0 bridgehead atoms. The minimum absolute atomic E-state index is 0.0772. The monoisotopic (exact) mass is 676 g/mol. The number of aromatic amines is 1. The number of imidazole rings is 1. The van der Waals surface area contributed by atoms with Gasteiger partial charge in [-0.05, 0) is 69.6 Å². The van der Waals surface area contributed by atoms with E-state index < -0.39 is 35.8 Å². The molecule has 0 unspecified atom stereocenters. The predicted octanol–water partition coefficient (Wildman–Crippen LogP) is 5.65. The molecule has 4 aromatic rings. The lowest BCUT2D eigenvalue weighted by Crippen LogP contribution is -2.37. The van der Waals surface area contributed by atoms with Crippen molar-refractivity contribution < 1.29 is 32.6 Å². The Balaban J connectivity index is 1.51. The van der Waals surface area contributed by atoms with Gasteiger partial charge in [0.15, 0.2) is 0 Å². The number of nitrogens with zero attached hydrogens (tertiary/aromatic N) is 2. The molecule has 3 N–H and O–H groups in total. The number of rotatable bonds is 9. The summed E-state index contributed by atoms with van der Waals surface area (Å²) in [6, 6.07) is 16.1. The van der Waals surface area contributed by atoms with E-state index in [1.54, 1.807) is 24.3 Å². The number of halogens is 4. The number of urea groups is 1. The van der Waals surface area contributed by atoms with Crippen molar-refractivity contribution in [3.05, 3.63) is 105 Å². The number of H-pyrrole nitrogens is 1. The number of benzene rings is 3. The topological polar surface area (TPSA) is 108 Å². The molecule has 0 spiro atoms. The van der Waals surface area contributed by atoms with Gasteiger partial charge in [0.1, 0.15) is 30.3 Å². The first kappa shape index (κ1) is 28.6. The Morgan fingerprint density at radius 2 is 1.73 bits per heavy atom. The van der Waals surface area contributed by atoms with Gasteiger partial charge < -0.3 is 20.1 Å². The highest BCUT2D eigenvalue weighted by molar-refractivity contribution is 14.1. The quantitative estimate of drug-likeness (QED) is 0.157. The van der Waals surface area contributed by atoms with Crippen molar-refractivity contribution in [3.8, 4) is 17.0 Å². The smallest absolute Gasteiger partial charge is 0.416 e. The number of aliphatic hydroxyl groups is 1. The fraction of sp³-hybridized carbons (Fsp3) is 0.207. The van der Waals surface area contributed by atoms with Gasteiger partial charge in [0.05, 0.1) is 24.1 Å². The van der Waals surface area contributed by atoms with E-state index in [0.29, 0.717) is 17.0 Å². The number of hydrogen-bond acceptors (Lipinski definition) is 5. The fourth-order valence-corrected chi connectivity index (χ4v) is 5.07. The van der Waals surface area contributed by atoms with Gasteiger partial charge in [-0.1, -0.05) is 42.5 Å². The molecule has 1 saturated heterocycles. The van der Waals surface area contributed by atoms with Crippen molar-refractivity contribution in [2.75, 3.05) is 13.2 Å². The van der Waals surface area contributed by atoms with E-state index in [1.165, 1.54) is 24.4 Å². The maximum atomic E-state index is 13.9. The molecule has 41 heavy (non-hydrogen) atoms. The molecule has 212 valence electrons. The van der Waals surface area contributed by atoms with Crippen molar-refractivity contribution in [1.29, 1.82) is 0 Å². The summed E-state index contributed by atoms with van der Waals surface area (Å²) >= 11 is 2.17. The van der Waals surface area contributed by atoms with Crippen LogP contribution in [-0.4, -0.2) is 45.1 Å². The molecule has 3 aromatic carbocycles. The average molecular weight is 676 g/mol. The summed E-state index contributed by atoms with van der Waals surface area (Å²) in [5, 5.41) is 11.6. The molecule has 12 heteroatoms. The van der Waals surface area contributed by atoms with E-state index >= 15 is 0 Å². The van der Waals surface area contributed by atoms with Crippen LogP contribution in [0.25, 0.3) is 11.3 Å². The Morgan fingerprint density at radius 3 is 2.41 bits per heavy atom. The lowest BCUT2D eigenvalue weighted by atomic mass is 9.98. The Hall–Kier alpha value is -3.91. The Morgan fingerprint density at radius 1 is 1.02 bits per heavy atom. The number of carbonyl (C=O) groups is 2. The molecule has 2 atom stereocenters. The van der Waals surface area contributed by atoms with Crippen LogP contribution in [0.5, 0.6) is 5.75 Å². The molecule has 1 aliphatic rings. The minimum Gasteiger partial charge on any atom is -0.491 e. The van der Waals surface area contributed by atoms with Gasteiger partial charge in [-0.25, -0.2) is 9.78 Å². The molecule has 0 aliphatic carbocycles. The SMILES string of the molecule is O=C1N[C@H](c2ccc(OCCO)cc2)C(=O)N1[C@@H](Cc1ccccc1C(F)(F)F)c1ncc(-c2ccc(I)cc2)[nH]1. The maximum Gasteiger partial charge on any atom is 0.416 e. The maximum absolute atomic E-state index is 13.9. The van der Waals surface area contributed by atoms with Gasteiger partial charge >= 0.3 is 12.2 Å². The number of ether oxygens (including phenoxy) is 1. The third-order valence-electron chi connectivity index (χ3n) is 6.66. The van der Waals surface area contributed by atoms with E-state index in [-0.39, 0.29) is 31.0 Å². The number of hydrogen-bond donors (Lipinski definition) is 3. The van der Waals surface area contributed by atoms with Crippen LogP contribution < -0.4 is 10.1 Å². The Bertz CT molecular complexity index is 1540. The highest BCUT2D eigenvalue weighted by atomic mass is 127. The number of alkyl halides is 3. The van der Waals surface area contributed by atoms with Gasteiger partial charge in [0.2, 0.25) is 0 Å². The summed E-state index contributed by atoms with van der Waals surface area (Å²) < 4.78 is 48.0. The summed E-state index contributed by atoms with van der Waals surface area (Å²) in [4.78, 5) is 35.4. The van der Waals surface area contributed by atoms with E-state index in [4.69, 9.17) is 9.84 Å². The molecular weight excluding hydrogens is 652 g/mol. The summed E-state index contributed by atoms with van der Waals surface area (Å²) in [7, 11) is 0. The lowest BCUT2D eigenvalue weighted by molar-refractivity contribution is -0.138. The van der Waals surface area contributed by atoms with Crippen LogP contribution in [-0.2, 0) is 17.4 Å². The second-order valence-electron chi connectivity index (χ2n) is 9.30.